The maximum Gasteiger partial charge on any atom is 0.337 e. The van der Waals surface area contributed by atoms with E-state index in [9.17, 15) is 4.79 Å². The number of aliphatic imine (C=N–C) groups is 1. The summed E-state index contributed by atoms with van der Waals surface area (Å²) in [7, 11) is 3.13. The molecule has 0 aromatic heterocycles. The SMILES string of the molecule is CN=C(NCCSc1ccccc1)NCc1ccc(C(=O)OC)cc1. The van der Waals surface area contributed by atoms with E-state index in [4.69, 9.17) is 4.74 Å². The van der Waals surface area contributed by atoms with Crippen molar-refractivity contribution in [3.05, 3.63) is 65.7 Å². The first kappa shape index (κ1) is 18.9. The Labute approximate surface area is 152 Å². The van der Waals surface area contributed by atoms with Gasteiger partial charge in [0, 0.05) is 30.8 Å². The van der Waals surface area contributed by atoms with E-state index in [2.05, 4.69) is 27.8 Å². The number of carbonyl (C=O) groups is 1. The smallest absolute Gasteiger partial charge is 0.337 e. The van der Waals surface area contributed by atoms with Crippen molar-refractivity contribution >= 4 is 23.7 Å². The van der Waals surface area contributed by atoms with Crippen LogP contribution in [0.1, 0.15) is 15.9 Å². The Kier molecular flexibility index (Phi) is 7.85. The molecule has 0 aliphatic heterocycles. The average Bonchev–Trinajstić information content (AvgIpc) is 2.68. The summed E-state index contributed by atoms with van der Waals surface area (Å²) >= 11 is 1.80. The molecule has 0 aliphatic carbocycles. The van der Waals surface area contributed by atoms with Crippen molar-refractivity contribution in [1.82, 2.24) is 10.6 Å². The normalized spacial score (nSPS) is 11.0. The van der Waals surface area contributed by atoms with E-state index in [0.717, 1.165) is 23.8 Å². The molecule has 0 heterocycles. The van der Waals surface area contributed by atoms with E-state index in [0.29, 0.717) is 12.1 Å². The Hall–Kier alpha value is -2.47. The Bertz CT molecular complexity index is 688. The third kappa shape index (κ3) is 6.51. The number of nitrogens with zero attached hydrogens (tertiary/aromatic N) is 1. The molecule has 0 saturated carbocycles. The van der Waals surface area contributed by atoms with Crippen LogP contribution in [0.25, 0.3) is 0 Å². The number of nitrogens with one attached hydrogen (secondary N) is 2. The van der Waals surface area contributed by atoms with Gasteiger partial charge in [-0.2, -0.15) is 0 Å². The molecule has 5 nitrogen and oxygen atoms in total. The molecule has 0 spiro atoms. The van der Waals surface area contributed by atoms with Crippen LogP contribution in [0.4, 0.5) is 0 Å². The Morgan fingerprint density at radius 2 is 1.80 bits per heavy atom. The summed E-state index contributed by atoms with van der Waals surface area (Å²) in [6.45, 7) is 1.45. The first-order chi connectivity index (χ1) is 12.2. The zero-order chi connectivity index (χ0) is 17.9. The predicted octanol–water partition coefficient (Wildman–Crippen LogP) is 2.93. The molecule has 0 unspecified atom stereocenters. The number of guanidine groups is 1. The minimum Gasteiger partial charge on any atom is -0.465 e. The predicted molar refractivity (Wildman–Crippen MR) is 103 cm³/mol. The molecule has 2 aromatic carbocycles. The molecule has 25 heavy (non-hydrogen) atoms. The van der Waals surface area contributed by atoms with Crippen LogP contribution in [-0.2, 0) is 11.3 Å². The monoisotopic (exact) mass is 357 g/mol. The van der Waals surface area contributed by atoms with E-state index in [1.165, 1.54) is 12.0 Å². The van der Waals surface area contributed by atoms with Gasteiger partial charge in [-0.3, -0.25) is 4.99 Å². The summed E-state index contributed by atoms with van der Waals surface area (Å²) in [5.41, 5.74) is 1.61. The minimum absolute atomic E-state index is 0.326. The van der Waals surface area contributed by atoms with E-state index >= 15 is 0 Å². The second-order valence-corrected chi connectivity index (χ2v) is 6.37. The molecule has 0 fully saturated rings. The van der Waals surface area contributed by atoms with Gasteiger partial charge in [0.25, 0.3) is 0 Å². The second kappa shape index (κ2) is 10.4. The number of methoxy groups -OCH3 is 1. The zero-order valence-corrected chi connectivity index (χ0v) is 15.3. The number of hydrogen-bond acceptors (Lipinski definition) is 4. The fourth-order valence-corrected chi connectivity index (χ4v) is 2.93. The number of benzene rings is 2. The molecule has 0 saturated heterocycles. The van der Waals surface area contributed by atoms with Crippen molar-refractivity contribution in [3.63, 3.8) is 0 Å². The van der Waals surface area contributed by atoms with Gasteiger partial charge in [-0.25, -0.2) is 4.79 Å². The topological polar surface area (TPSA) is 62.7 Å². The molecule has 0 aliphatic rings. The third-order valence-corrected chi connectivity index (χ3v) is 4.48. The standard InChI is InChI=1S/C19H23N3O2S/c1-20-19(21-12-13-25-17-6-4-3-5-7-17)22-14-15-8-10-16(11-9-15)18(23)24-2/h3-11H,12-14H2,1-2H3,(H2,20,21,22). The number of thioether (sulfide) groups is 1. The highest BCUT2D eigenvalue weighted by Gasteiger charge is 2.04. The maximum absolute atomic E-state index is 11.4. The van der Waals surface area contributed by atoms with Crippen LogP contribution in [0.15, 0.2) is 64.5 Å². The average molecular weight is 357 g/mol. The summed E-state index contributed by atoms with van der Waals surface area (Å²) in [5.74, 6) is 1.39. The lowest BCUT2D eigenvalue weighted by molar-refractivity contribution is 0.0600. The van der Waals surface area contributed by atoms with Crippen molar-refractivity contribution in [3.8, 4) is 0 Å². The third-order valence-electron chi connectivity index (χ3n) is 3.47. The minimum atomic E-state index is -0.326. The van der Waals surface area contributed by atoms with Gasteiger partial charge in [0.1, 0.15) is 0 Å². The van der Waals surface area contributed by atoms with Crippen LogP contribution in [0.3, 0.4) is 0 Å². The summed E-state index contributed by atoms with van der Waals surface area (Å²) in [6, 6.07) is 17.6. The summed E-state index contributed by atoms with van der Waals surface area (Å²) in [6.07, 6.45) is 0. The molecule has 132 valence electrons. The van der Waals surface area contributed by atoms with E-state index < -0.39 is 0 Å². The van der Waals surface area contributed by atoms with Gasteiger partial charge in [-0.1, -0.05) is 30.3 Å². The molecular weight excluding hydrogens is 334 g/mol. The van der Waals surface area contributed by atoms with E-state index in [1.54, 1.807) is 30.9 Å². The van der Waals surface area contributed by atoms with Gasteiger partial charge in [0.15, 0.2) is 5.96 Å². The van der Waals surface area contributed by atoms with Crippen molar-refractivity contribution in [1.29, 1.82) is 0 Å². The number of esters is 1. The van der Waals surface area contributed by atoms with Crippen molar-refractivity contribution < 1.29 is 9.53 Å². The molecular formula is C19H23N3O2S. The lowest BCUT2D eigenvalue weighted by atomic mass is 10.1. The first-order valence-corrected chi connectivity index (χ1v) is 9.01. The van der Waals surface area contributed by atoms with Crippen molar-refractivity contribution in [2.24, 2.45) is 4.99 Å². The quantitative estimate of drug-likeness (QED) is 0.262. The Morgan fingerprint density at radius 1 is 1.08 bits per heavy atom. The molecule has 2 N–H and O–H groups in total. The highest BCUT2D eigenvalue weighted by atomic mass is 32.2. The number of hydrogen-bond donors (Lipinski definition) is 2. The number of carbonyl (C=O) groups excluding carboxylic acids is 1. The molecule has 6 heteroatoms. The van der Waals surface area contributed by atoms with Crippen LogP contribution in [0.5, 0.6) is 0 Å². The lowest BCUT2D eigenvalue weighted by Crippen LogP contribution is -2.37. The summed E-state index contributed by atoms with van der Waals surface area (Å²) in [4.78, 5) is 16.9. The Morgan fingerprint density at radius 3 is 2.44 bits per heavy atom. The van der Waals surface area contributed by atoms with Gasteiger partial charge in [0.2, 0.25) is 0 Å². The molecule has 2 aromatic rings. The van der Waals surface area contributed by atoms with Gasteiger partial charge >= 0.3 is 5.97 Å². The molecule has 0 amide bonds. The zero-order valence-electron chi connectivity index (χ0n) is 14.5. The lowest BCUT2D eigenvalue weighted by Gasteiger charge is -2.12. The highest BCUT2D eigenvalue weighted by molar-refractivity contribution is 7.99. The maximum atomic E-state index is 11.4. The van der Waals surface area contributed by atoms with E-state index in [-0.39, 0.29) is 5.97 Å². The molecule has 0 bridgehead atoms. The number of ether oxygens (including phenoxy) is 1. The Balaban J connectivity index is 1.72. The largest absolute Gasteiger partial charge is 0.465 e. The summed E-state index contributed by atoms with van der Waals surface area (Å²) in [5, 5.41) is 6.55. The number of rotatable bonds is 7. The van der Waals surface area contributed by atoms with Gasteiger partial charge in [-0.05, 0) is 29.8 Å². The van der Waals surface area contributed by atoms with Crippen LogP contribution >= 0.6 is 11.8 Å². The highest BCUT2D eigenvalue weighted by Crippen LogP contribution is 2.15. The van der Waals surface area contributed by atoms with Gasteiger partial charge < -0.3 is 15.4 Å². The van der Waals surface area contributed by atoms with Gasteiger partial charge in [0.05, 0.1) is 12.7 Å². The van der Waals surface area contributed by atoms with Crippen molar-refractivity contribution in [2.45, 2.75) is 11.4 Å². The second-order valence-electron chi connectivity index (χ2n) is 5.20. The molecule has 0 atom stereocenters. The fourth-order valence-electron chi connectivity index (χ4n) is 2.14. The van der Waals surface area contributed by atoms with E-state index in [1.807, 2.05) is 30.3 Å². The van der Waals surface area contributed by atoms with Crippen molar-refractivity contribution in [2.75, 3.05) is 26.5 Å². The van der Waals surface area contributed by atoms with Gasteiger partial charge in [-0.15, -0.1) is 11.8 Å². The van der Waals surface area contributed by atoms with Crippen LogP contribution in [0.2, 0.25) is 0 Å². The van der Waals surface area contributed by atoms with Crippen LogP contribution in [0, 0.1) is 0 Å². The van der Waals surface area contributed by atoms with Crippen LogP contribution in [-0.4, -0.2) is 38.4 Å². The molecule has 2 rings (SSSR count). The van der Waals surface area contributed by atoms with Crippen LogP contribution < -0.4 is 10.6 Å². The summed E-state index contributed by atoms with van der Waals surface area (Å²) < 4.78 is 4.69. The first-order valence-electron chi connectivity index (χ1n) is 8.02. The molecule has 0 radical (unpaired) electrons. The fraction of sp³-hybridized carbons (Fsp3) is 0.263.